The van der Waals surface area contributed by atoms with E-state index < -0.39 is 5.97 Å². The number of hydrogen-bond acceptors (Lipinski definition) is 7. The van der Waals surface area contributed by atoms with Crippen LogP contribution in [0.3, 0.4) is 0 Å². The molecule has 1 aromatic heterocycles. The van der Waals surface area contributed by atoms with E-state index in [9.17, 15) is 14.4 Å². The van der Waals surface area contributed by atoms with E-state index >= 15 is 0 Å². The number of benzene rings is 2. The molecule has 2 amide bonds. The van der Waals surface area contributed by atoms with E-state index in [0.29, 0.717) is 34.4 Å². The lowest BCUT2D eigenvalue weighted by Gasteiger charge is -2.14. The van der Waals surface area contributed by atoms with Crippen molar-refractivity contribution in [2.24, 2.45) is 7.05 Å². The molecular weight excluding hydrogens is 454 g/mol. The summed E-state index contributed by atoms with van der Waals surface area (Å²) >= 11 is 1.24. The van der Waals surface area contributed by atoms with Gasteiger partial charge in [0.1, 0.15) is 0 Å². The van der Waals surface area contributed by atoms with Crippen molar-refractivity contribution in [1.82, 2.24) is 20.1 Å². The Morgan fingerprint density at radius 1 is 1.09 bits per heavy atom. The first-order valence-corrected chi connectivity index (χ1v) is 11.7. The van der Waals surface area contributed by atoms with Gasteiger partial charge in [-0.05, 0) is 56.7 Å². The Bertz CT molecular complexity index is 1180. The molecule has 1 atom stereocenters. The fourth-order valence-electron chi connectivity index (χ4n) is 3.23. The van der Waals surface area contributed by atoms with Gasteiger partial charge in [-0.25, -0.2) is 4.79 Å². The maximum absolute atomic E-state index is 12.6. The maximum Gasteiger partial charge on any atom is 0.338 e. The summed E-state index contributed by atoms with van der Waals surface area (Å²) in [6, 6.07) is 13.5. The van der Waals surface area contributed by atoms with Crippen LogP contribution in [-0.4, -0.2) is 44.9 Å². The molecule has 0 aliphatic heterocycles. The van der Waals surface area contributed by atoms with Crippen LogP contribution in [0.2, 0.25) is 0 Å². The first-order valence-electron chi connectivity index (χ1n) is 10.8. The van der Waals surface area contributed by atoms with Crippen molar-refractivity contribution < 1.29 is 19.1 Å². The minimum atomic E-state index is -0.404. The Kier molecular flexibility index (Phi) is 8.42. The van der Waals surface area contributed by atoms with Crippen molar-refractivity contribution in [3.63, 3.8) is 0 Å². The summed E-state index contributed by atoms with van der Waals surface area (Å²) in [5.74, 6) is -0.108. The van der Waals surface area contributed by atoms with Crippen molar-refractivity contribution in [3.05, 3.63) is 71.0 Å². The number of aryl methyl sites for hydroxylation is 1. The molecule has 10 heteroatoms. The number of ether oxygens (including phenoxy) is 1. The summed E-state index contributed by atoms with van der Waals surface area (Å²) in [7, 11) is 1.79. The average molecular weight is 482 g/mol. The fraction of sp³-hybridized carbons (Fsp3) is 0.292. The third-order valence-corrected chi connectivity index (χ3v) is 6.03. The summed E-state index contributed by atoms with van der Waals surface area (Å²) in [6.45, 7) is 5.76. The number of amides is 2. The minimum absolute atomic E-state index is 0.121. The van der Waals surface area contributed by atoms with Gasteiger partial charge < -0.3 is 19.9 Å². The molecular formula is C24H27N5O4S. The molecule has 0 saturated heterocycles. The topological polar surface area (TPSA) is 115 Å². The van der Waals surface area contributed by atoms with Gasteiger partial charge in [-0.2, -0.15) is 0 Å². The van der Waals surface area contributed by atoms with Crippen LogP contribution in [0.25, 0.3) is 0 Å². The second-order valence-corrected chi connectivity index (χ2v) is 8.49. The molecule has 2 aromatic carbocycles. The van der Waals surface area contributed by atoms with E-state index in [1.807, 2.05) is 32.0 Å². The Balaban J connectivity index is 1.54. The number of thioether (sulfide) groups is 1. The SMILES string of the molecule is CCOC(=O)c1ccc(NC(=O)CSc2nnc([C@@H](C)NC(=O)c3ccccc3C)n2C)cc1. The molecule has 0 radical (unpaired) electrons. The largest absolute Gasteiger partial charge is 0.462 e. The molecule has 1 heterocycles. The standard InChI is InChI=1S/C24H27N5O4S/c1-5-33-23(32)17-10-12-18(13-11-17)26-20(30)14-34-24-28-27-21(29(24)4)16(3)25-22(31)19-9-7-6-8-15(19)2/h6-13,16H,5,14H2,1-4H3,(H,25,31)(H,26,30)/t16-/m1/s1. The molecule has 0 saturated carbocycles. The molecule has 2 N–H and O–H groups in total. The average Bonchev–Trinajstić information content (AvgIpc) is 3.19. The van der Waals surface area contributed by atoms with Gasteiger partial charge in [-0.15, -0.1) is 10.2 Å². The van der Waals surface area contributed by atoms with Gasteiger partial charge in [-0.1, -0.05) is 30.0 Å². The van der Waals surface area contributed by atoms with Gasteiger partial charge in [0.2, 0.25) is 5.91 Å². The lowest BCUT2D eigenvalue weighted by atomic mass is 10.1. The van der Waals surface area contributed by atoms with Gasteiger partial charge in [0, 0.05) is 18.3 Å². The molecule has 0 spiro atoms. The summed E-state index contributed by atoms with van der Waals surface area (Å²) in [5.41, 5.74) is 2.50. The third kappa shape index (κ3) is 6.22. The fourth-order valence-corrected chi connectivity index (χ4v) is 3.94. The monoisotopic (exact) mass is 481 g/mol. The van der Waals surface area contributed by atoms with Gasteiger partial charge in [0.05, 0.1) is 24.0 Å². The van der Waals surface area contributed by atoms with Crippen LogP contribution in [0, 0.1) is 6.92 Å². The molecule has 0 unspecified atom stereocenters. The zero-order valence-corrected chi connectivity index (χ0v) is 20.3. The van der Waals surface area contributed by atoms with Crippen LogP contribution < -0.4 is 10.6 Å². The molecule has 0 aliphatic carbocycles. The minimum Gasteiger partial charge on any atom is -0.462 e. The van der Waals surface area contributed by atoms with Crippen LogP contribution in [0.1, 0.15) is 52.0 Å². The van der Waals surface area contributed by atoms with Crippen LogP contribution in [0.5, 0.6) is 0 Å². The van der Waals surface area contributed by atoms with E-state index in [0.717, 1.165) is 5.56 Å². The zero-order chi connectivity index (χ0) is 24.7. The Hall–Kier alpha value is -3.66. The lowest BCUT2D eigenvalue weighted by Crippen LogP contribution is -2.29. The Morgan fingerprint density at radius 2 is 1.79 bits per heavy atom. The van der Waals surface area contributed by atoms with Crippen LogP contribution >= 0.6 is 11.8 Å². The van der Waals surface area contributed by atoms with Gasteiger partial charge in [0.15, 0.2) is 11.0 Å². The normalized spacial score (nSPS) is 11.5. The van der Waals surface area contributed by atoms with Gasteiger partial charge >= 0.3 is 5.97 Å². The number of nitrogens with one attached hydrogen (secondary N) is 2. The second kappa shape index (κ2) is 11.5. The molecule has 0 bridgehead atoms. The van der Waals surface area contributed by atoms with E-state index in [-0.39, 0.29) is 23.6 Å². The quantitative estimate of drug-likeness (QED) is 0.355. The molecule has 0 fully saturated rings. The number of aromatic nitrogens is 3. The van der Waals surface area contributed by atoms with E-state index in [1.165, 1.54) is 11.8 Å². The third-order valence-electron chi connectivity index (χ3n) is 5.01. The highest BCUT2D eigenvalue weighted by molar-refractivity contribution is 7.99. The second-order valence-electron chi connectivity index (χ2n) is 7.54. The predicted molar refractivity (Wildman–Crippen MR) is 130 cm³/mol. The van der Waals surface area contributed by atoms with Crippen molar-refractivity contribution >= 4 is 35.2 Å². The first-order chi connectivity index (χ1) is 16.3. The highest BCUT2D eigenvalue weighted by Gasteiger charge is 2.19. The van der Waals surface area contributed by atoms with Crippen LogP contribution in [0.4, 0.5) is 5.69 Å². The van der Waals surface area contributed by atoms with Gasteiger partial charge in [0.25, 0.3) is 5.91 Å². The molecule has 3 aromatic rings. The van der Waals surface area contributed by atoms with E-state index in [4.69, 9.17) is 4.74 Å². The molecule has 178 valence electrons. The first kappa shape index (κ1) is 25.0. The number of carbonyl (C=O) groups excluding carboxylic acids is 3. The van der Waals surface area contributed by atoms with Crippen molar-refractivity contribution in [2.75, 3.05) is 17.7 Å². The number of anilines is 1. The zero-order valence-electron chi connectivity index (χ0n) is 19.5. The van der Waals surface area contributed by atoms with Crippen molar-refractivity contribution in [1.29, 1.82) is 0 Å². The van der Waals surface area contributed by atoms with Gasteiger partial charge in [-0.3, -0.25) is 9.59 Å². The van der Waals surface area contributed by atoms with Crippen LogP contribution in [0.15, 0.2) is 53.7 Å². The highest BCUT2D eigenvalue weighted by Crippen LogP contribution is 2.20. The summed E-state index contributed by atoms with van der Waals surface area (Å²) in [5, 5.41) is 14.6. The number of hydrogen-bond donors (Lipinski definition) is 2. The highest BCUT2D eigenvalue weighted by atomic mass is 32.2. The lowest BCUT2D eigenvalue weighted by molar-refractivity contribution is -0.113. The smallest absolute Gasteiger partial charge is 0.338 e. The number of rotatable bonds is 9. The molecule has 0 aliphatic rings. The summed E-state index contributed by atoms with van der Waals surface area (Å²) < 4.78 is 6.71. The number of carbonyl (C=O) groups is 3. The van der Waals surface area contributed by atoms with Crippen molar-refractivity contribution in [2.45, 2.75) is 32.0 Å². The molecule has 9 nitrogen and oxygen atoms in total. The Morgan fingerprint density at radius 3 is 2.47 bits per heavy atom. The van der Waals surface area contributed by atoms with E-state index in [1.54, 1.807) is 48.9 Å². The number of nitrogens with zero attached hydrogens (tertiary/aromatic N) is 3. The number of esters is 1. The molecule has 34 heavy (non-hydrogen) atoms. The van der Waals surface area contributed by atoms with Crippen molar-refractivity contribution in [3.8, 4) is 0 Å². The summed E-state index contributed by atoms with van der Waals surface area (Å²) in [6.07, 6.45) is 0. The Labute approximate surface area is 202 Å². The summed E-state index contributed by atoms with van der Waals surface area (Å²) in [4.78, 5) is 36.7. The predicted octanol–water partition coefficient (Wildman–Crippen LogP) is 3.52. The van der Waals surface area contributed by atoms with Crippen LogP contribution in [-0.2, 0) is 16.6 Å². The maximum atomic E-state index is 12.6. The molecule has 3 rings (SSSR count). The van der Waals surface area contributed by atoms with E-state index in [2.05, 4.69) is 20.8 Å².